The molecule has 0 aromatic heterocycles. The van der Waals surface area contributed by atoms with Gasteiger partial charge in [-0.1, -0.05) is 182 Å². The molecule has 0 amide bonds. The van der Waals surface area contributed by atoms with Gasteiger partial charge in [-0.05, 0) is 122 Å². The van der Waals surface area contributed by atoms with Gasteiger partial charge in [-0.3, -0.25) is 4.79 Å². The van der Waals surface area contributed by atoms with Crippen LogP contribution in [0.4, 0.5) is 0 Å². The zero-order chi connectivity index (χ0) is 48.4. The van der Waals surface area contributed by atoms with Crippen molar-refractivity contribution in [2.24, 2.45) is 11.8 Å². The smallest absolute Gasteiger partial charge is 0.306 e. The second kappa shape index (κ2) is 42.9. The summed E-state index contributed by atoms with van der Waals surface area (Å²) in [5.74, 6) is 0.925. The van der Waals surface area contributed by atoms with E-state index in [2.05, 4.69) is 46.7 Å². The quantitative estimate of drug-likeness (QED) is 0.0342. The van der Waals surface area contributed by atoms with E-state index in [9.17, 15) is 4.79 Å². The number of carbonyl (C=O) groups is 1. The molecule has 7 heteroatoms. The highest BCUT2D eigenvalue weighted by Gasteiger charge is 2.35. The van der Waals surface area contributed by atoms with E-state index in [1.807, 2.05) is 0 Å². The van der Waals surface area contributed by atoms with Gasteiger partial charge in [0.15, 0.2) is 11.6 Å². The van der Waals surface area contributed by atoms with Crippen molar-refractivity contribution < 1.29 is 28.5 Å². The van der Waals surface area contributed by atoms with Crippen molar-refractivity contribution in [2.45, 2.75) is 321 Å². The Balaban J connectivity index is 1.72. The van der Waals surface area contributed by atoms with Gasteiger partial charge in [-0.25, -0.2) is 0 Å². The third kappa shape index (κ3) is 33.5. The first-order valence-corrected chi connectivity index (χ1v) is 30.2. The summed E-state index contributed by atoms with van der Waals surface area (Å²) in [5.41, 5.74) is 0. The first kappa shape index (κ1) is 62.4. The molecule has 0 radical (unpaired) electrons. The Bertz CT molecular complexity index is 985. The number of esters is 1. The standard InChI is InChI=1S/C60H117NO6/c1-7-11-23-37-55(38-24-12-8-2)44-53-65-59(46-30-21-31-47-59)63-51-35-19-15-17-27-41-57(67-58(62)43-29-34-50-61(5)6)42-28-18-16-20-36-52-64-60(48-32-22-33-49-60)66-54-45-56(39-25-13-9-3)40-26-14-10-4/h55-57H,7-54H2,1-6H3. The minimum Gasteiger partial charge on any atom is -0.462 e. The zero-order valence-corrected chi connectivity index (χ0v) is 46.1. The number of hydrogen-bond donors (Lipinski definition) is 0. The summed E-state index contributed by atoms with van der Waals surface area (Å²) in [7, 11) is 4.20. The number of rotatable bonds is 48. The molecule has 0 atom stereocenters. The molecule has 0 saturated heterocycles. The van der Waals surface area contributed by atoms with Crippen LogP contribution in [0, 0.1) is 11.8 Å². The first-order chi connectivity index (χ1) is 32.8. The summed E-state index contributed by atoms with van der Waals surface area (Å²) in [6, 6.07) is 0. The minimum absolute atomic E-state index is 0.00258. The van der Waals surface area contributed by atoms with Crippen LogP contribution in [0.3, 0.4) is 0 Å². The molecule has 0 aromatic rings. The average molecular weight is 949 g/mol. The lowest BCUT2D eigenvalue weighted by Crippen LogP contribution is -2.39. The highest BCUT2D eigenvalue weighted by Crippen LogP contribution is 2.36. The van der Waals surface area contributed by atoms with E-state index in [0.717, 1.165) is 122 Å². The van der Waals surface area contributed by atoms with Gasteiger partial charge < -0.3 is 28.6 Å². The third-order valence-electron chi connectivity index (χ3n) is 15.5. The molecule has 0 bridgehead atoms. The fourth-order valence-corrected chi connectivity index (χ4v) is 11.0. The van der Waals surface area contributed by atoms with Gasteiger partial charge in [-0.2, -0.15) is 0 Å². The van der Waals surface area contributed by atoms with Crippen molar-refractivity contribution in [1.29, 1.82) is 0 Å². The van der Waals surface area contributed by atoms with Crippen LogP contribution in [-0.2, 0) is 28.5 Å². The molecular weight excluding hydrogens is 831 g/mol. The molecule has 2 aliphatic rings. The zero-order valence-electron chi connectivity index (χ0n) is 46.1. The molecule has 0 N–H and O–H groups in total. The molecule has 2 fully saturated rings. The van der Waals surface area contributed by atoms with Crippen molar-refractivity contribution >= 4 is 5.97 Å². The maximum absolute atomic E-state index is 13.0. The maximum Gasteiger partial charge on any atom is 0.306 e. The van der Waals surface area contributed by atoms with E-state index >= 15 is 0 Å². The molecule has 0 aliphatic heterocycles. The van der Waals surface area contributed by atoms with E-state index < -0.39 is 0 Å². The molecular formula is C60H117NO6. The van der Waals surface area contributed by atoms with Crippen molar-refractivity contribution in [3.05, 3.63) is 0 Å². The monoisotopic (exact) mass is 948 g/mol. The molecule has 67 heavy (non-hydrogen) atoms. The summed E-state index contributed by atoms with van der Waals surface area (Å²) in [6.07, 6.45) is 51.9. The van der Waals surface area contributed by atoms with Gasteiger partial charge in [0.2, 0.25) is 0 Å². The molecule has 2 rings (SSSR count). The van der Waals surface area contributed by atoms with Crippen LogP contribution in [0.5, 0.6) is 0 Å². The Hall–Kier alpha value is -0.730. The van der Waals surface area contributed by atoms with E-state index in [0.29, 0.717) is 6.42 Å². The SMILES string of the molecule is CCCCCC(CCCCC)CCOC1(OCCCCCCCC(CCCCCCCOC2(OCCC(CCCCC)CCCCC)CCCCC2)OC(=O)CCCCN(C)C)CCCCC1. The van der Waals surface area contributed by atoms with Crippen LogP contribution in [0.1, 0.15) is 304 Å². The number of unbranched alkanes of at least 4 members (excludes halogenated alkanes) is 17. The summed E-state index contributed by atoms with van der Waals surface area (Å²) in [4.78, 5) is 15.1. The van der Waals surface area contributed by atoms with Crippen LogP contribution in [0.2, 0.25) is 0 Å². The molecule has 2 saturated carbocycles. The Morgan fingerprint density at radius 2 is 0.761 bits per heavy atom. The largest absolute Gasteiger partial charge is 0.462 e. The lowest BCUT2D eigenvalue weighted by molar-refractivity contribution is -0.254. The molecule has 0 heterocycles. The van der Waals surface area contributed by atoms with Crippen LogP contribution >= 0.6 is 0 Å². The van der Waals surface area contributed by atoms with E-state index in [4.69, 9.17) is 23.7 Å². The summed E-state index contributed by atoms with van der Waals surface area (Å²) in [5, 5.41) is 0. The Morgan fingerprint density at radius 1 is 0.403 bits per heavy atom. The lowest BCUT2D eigenvalue weighted by atomic mass is 9.91. The Labute approximate surface area is 418 Å². The molecule has 398 valence electrons. The molecule has 7 nitrogen and oxygen atoms in total. The number of ether oxygens (including phenoxy) is 5. The maximum atomic E-state index is 13.0. The predicted molar refractivity (Wildman–Crippen MR) is 286 cm³/mol. The highest BCUT2D eigenvalue weighted by atomic mass is 16.7. The summed E-state index contributed by atoms with van der Waals surface area (Å²) >= 11 is 0. The topological polar surface area (TPSA) is 66.5 Å². The van der Waals surface area contributed by atoms with Gasteiger partial charge in [0.1, 0.15) is 6.10 Å². The van der Waals surface area contributed by atoms with E-state index in [1.165, 1.54) is 193 Å². The summed E-state index contributed by atoms with van der Waals surface area (Å²) < 4.78 is 32.9. The van der Waals surface area contributed by atoms with Crippen molar-refractivity contribution in [2.75, 3.05) is 47.1 Å². The molecule has 0 unspecified atom stereocenters. The van der Waals surface area contributed by atoms with Gasteiger partial charge in [0, 0.05) is 32.1 Å². The minimum atomic E-state index is -0.343. The highest BCUT2D eigenvalue weighted by molar-refractivity contribution is 5.69. The van der Waals surface area contributed by atoms with Crippen LogP contribution in [0.25, 0.3) is 0 Å². The van der Waals surface area contributed by atoms with E-state index in [1.54, 1.807) is 0 Å². The van der Waals surface area contributed by atoms with Gasteiger partial charge in [-0.15, -0.1) is 0 Å². The van der Waals surface area contributed by atoms with Gasteiger partial charge in [0.25, 0.3) is 0 Å². The fraction of sp³-hybridized carbons (Fsp3) is 0.983. The molecule has 2 aliphatic carbocycles. The first-order valence-electron chi connectivity index (χ1n) is 30.2. The second-order valence-corrected chi connectivity index (χ2v) is 22.1. The van der Waals surface area contributed by atoms with Crippen molar-refractivity contribution in [1.82, 2.24) is 4.90 Å². The normalized spacial score (nSPS) is 16.3. The Morgan fingerprint density at radius 3 is 1.15 bits per heavy atom. The molecule has 0 aromatic carbocycles. The second-order valence-electron chi connectivity index (χ2n) is 22.1. The average Bonchev–Trinajstić information content (AvgIpc) is 3.32. The van der Waals surface area contributed by atoms with Gasteiger partial charge >= 0.3 is 5.97 Å². The lowest BCUT2D eigenvalue weighted by Gasteiger charge is -2.37. The number of nitrogens with zero attached hydrogens (tertiary/aromatic N) is 1. The molecule has 0 spiro atoms. The van der Waals surface area contributed by atoms with Crippen LogP contribution in [0.15, 0.2) is 0 Å². The van der Waals surface area contributed by atoms with Gasteiger partial charge in [0.05, 0.1) is 26.4 Å². The Kier molecular flexibility index (Phi) is 40.0. The predicted octanol–water partition coefficient (Wildman–Crippen LogP) is 18.0. The van der Waals surface area contributed by atoms with Crippen LogP contribution in [-0.4, -0.2) is 75.6 Å². The number of carbonyl (C=O) groups excluding carboxylic acids is 1. The summed E-state index contributed by atoms with van der Waals surface area (Å²) in [6.45, 7) is 13.6. The van der Waals surface area contributed by atoms with Crippen molar-refractivity contribution in [3.63, 3.8) is 0 Å². The third-order valence-corrected chi connectivity index (χ3v) is 15.5. The van der Waals surface area contributed by atoms with E-state index in [-0.39, 0.29) is 23.6 Å². The van der Waals surface area contributed by atoms with Crippen molar-refractivity contribution in [3.8, 4) is 0 Å². The fourth-order valence-electron chi connectivity index (χ4n) is 11.0. The van der Waals surface area contributed by atoms with Crippen LogP contribution < -0.4 is 0 Å². The number of hydrogen-bond acceptors (Lipinski definition) is 7.